The highest BCUT2D eigenvalue weighted by atomic mass is 19.1. The standard InChI is InChI=1S/C15H20FNO3/c1-19-14-9-12(4-5-13(14)16)15(18)17-7-2-3-11-6-8-20-10-11/h4-5,9,11H,2-3,6-8,10H2,1H3,(H,17,18)/t11-/m1/s1. The molecule has 1 aliphatic rings. The molecule has 1 heterocycles. The third kappa shape index (κ3) is 3.93. The number of carbonyl (C=O) groups is 1. The van der Waals surface area contributed by atoms with E-state index in [1.807, 2.05) is 0 Å². The SMILES string of the molecule is COc1cc(C(=O)NCCC[C@@H]2CCOC2)ccc1F. The van der Waals surface area contributed by atoms with Crippen LogP contribution in [0.5, 0.6) is 5.75 Å². The second kappa shape index (κ2) is 7.24. The van der Waals surface area contributed by atoms with Gasteiger partial charge in [-0.15, -0.1) is 0 Å². The molecule has 2 rings (SSSR count). The summed E-state index contributed by atoms with van der Waals surface area (Å²) in [7, 11) is 1.38. The third-order valence-electron chi connectivity index (χ3n) is 3.51. The highest BCUT2D eigenvalue weighted by molar-refractivity contribution is 5.94. The molecule has 0 unspecified atom stereocenters. The Morgan fingerprint density at radius 3 is 3.10 bits per heavy atom. The quantitative estimate of drug-likeness (QED) is 0.814. The van der Waals surface area contributed by atoms with Crippen LogP contribution in [0, 0.1) is 11.7 Å². The summed E-state index contributed by atoms with van der Waals surface area (Å²) in [5.41, 5.74) is 0.410. The van der Waals surface area contributed by atoms with Gasteiger partial charge >= 0.3 is 0 Å². The summed E-state index contributed by atoms with van der Waals surface area (Å²) in [5, 5.41) is 2.84. The molecule has 1 aromatic rings. The maximum atomic E-state index is 13.2. The Balaban J connectivity index is 1.76. The van der Waals surface area contributed by atoms with Crippen molar-refractivity contribution in [3.05, 3.63) is 29.6 Å². The van der Waals surface area contributed by atoms with E-state index in [1.54, 1.807) is 0 Å². The summed E-state index contributed by atoms with van der Waals surface area (Å²) >= 11 is 0. The molecule has 1 aliphatic heterocycles. The Morgan fingerprint density at radius 2 is 2.40 bits per heavy atom. The van der Waals surface area contributed by atoms with Crippen LogP contribution in [-0.2, 0) is 4.74 Å². The first-order valence-electron chi connectivity index (χ1n) is 6.90. The maximum absolute atomic E-state index is 13.2. The minimum absolute atomic E-state index is 0.0840. The highest BCUT2D eigenvalue weighted by Gasteiger charge is 2.15. The van der Waals surface area contributed by atoms with Crippen LogP contribution in [0.4, 0.5) is 4.39 Å². The first-order chi connectivity index (χ1) is 9.70. The van der Waals surface area contributed by atoms with Gasteiger partial charge < -0.3 is 14.8 Å². The molecule has 1 saturated heterocycles. The van der Waals surface area contributed by atoms with Crippen LogP contribution in [0.3, 0.4) is 0 Å². The number of carbonyl (C=O) groups excluding carboxylic acids is 1. The fourth-order valence-electron chi connectivity index (χ4n) is 2.31. The molecule has 0 spiro atoms. The van der Waals surface area contributed by atoms with E-state index in [9.17, 15) is 9.18 Å². The molecule has 4 nitrogen and oxygen atoms in total. The zero-order chi connectivity index (χ0) is 14.4. The molecule has 0 radical (unpaired) electrons. The molecule has 0 bridgehead atoms. The maximum Gasteiger partial charge on any atom is 0.251 e. The lowest BCUT2D eigenvalue weighted by molar-refractivity contribution is 0.0952. The molecule has 1 aromatic carbocycles. The summed E-state index contributed by atoms with van der Waals surface area (Å²) in [6, 6.07) is 4.11. The van der Waals surface area contributed by atoms with Crippen molar-refractivity contribution in [2.24, 2.45) is 5.92 Å². The van der Waals surface area contributed by atoms with Crippen LogP contribution in [0.1, 0.15) is 29.6 Å². The predicted molar refractivity (Wildman–Crippen MR) is 73.4 cm³/mol. The monoisotopic (exact) mass is 281 g/mol. The highest BCUT2D eigenvalue weighted by Crippen LogP contribution is 2.19. The second-order valence-electron chi connectivity index (χ2n) is 4.98. The van der Waals surface area contributed by atoms with Crippen molar-refractivity contribution in [1.29, 1.82) is 0 Å². The minimum Gasteiger partial charge on any atom is -0.494 e. The number of amides is 1. The van der Waals surface area contributed by atoms with Crippen molar-refractivity contribution in [2.75, 3.05) is 26.9 Å². The zero-order valence-electron chi connectivity index (χ0n) is 11.7. The van der Waals surface area contributed by atoms with Crippen LogP contribution >= 0.6 is 0 Å². The molecule has 1 amide bonds. The Morgan fingerprint density at radius 1 is 1.55 bits per heavy atom. The fraction of sp³-hybridized carbons (Fsp3) is 0.533. The van der Waals surface area contributed by atoms with Gasteiger partial charge in [-0.25, -0.2) is 4.39 Å². The molecule has 1 N–H and O–H groups in total. The number of methoxy groups -OCH3 is 1. The van der Waals surface area contributed by atoms with E-state index in [0.717, 1.165) is 32.5 Å². The summed E-state index contributed by atoms with van der Waals surface area (Å²) in [6.07, 6.45) is 3.11. The molecule has 1 atom stereocenters. The lowest BCUT2D eigenvalue weighted by Gasteiger charge is -2.09. The van der Waals surface area contributed by atoms with Crippen LogP contribution < -0.4 is 10.1 Å². The number of hydrogen-bond donors (Lipinski definition) is 1. The average Bonchev–Trinajstić information content (AvgIpc) is 2.97. The topological polar surface area (TPSA) is 47.6 Å². The molecular weight excluding hydrogens is 261 g/mol. The molecular formula is C15H20FNO3. The van der Waals surface area contributed by atoms with E-state index in [4.69, 9.17) is 9.47 Å². The Labute approximate surface area is 118 Å². The lowest BCUT2D eigenvalue weighted by atomic mass is 10.0. The summed E-state index contributed by atoms with van der Waals surface area (Å²) in [4.78, 5) is 11.9. The second-order valence-corrected chi connectivity index (χ2v) is 4.98. The molecule has 0 saturated carbocycles. The van der Waals surface area contributed by atoms with Gasteiger partial charge in [0.2, 0.25) is 0 Å². The molecule has 0 aliphatic carbocycles. The number of benzene rings is 1. The number of hydrogen-bond acceptors (Lipinski definition) is 3. The Hall–Kier alpha value is -1.62. The number of ether oxygens (including phenoxy) is 2. The zero-order valence-corrected chi connectivity index (χ0v) is 11.7. The van der Waals surface area contributed by atoms with Crippen molar-refractivity contribution < 1.29 is 18.7 Å². The normalized spacial score (nSPS) is 18.0. The third-order valence-corrected chi connectivity index (χ3v) is 3.51. The van der Waals surface area contributed by atoms with E-state index in [1.165, 1.54) is 25.3 Å². The van der Waals surface area contributed by atoms with Gasteiger partial charge in [-0.3, -0.25) is 4.79 Å². The van der Waals surface area contributed by atoms with E-state index >= 15 is 0 Å². The summed E-state index contributed by atoms with van der Waals surface area (Å²) in [6.45, 7) is 2.31. The van der Waals surface area contributed by atoms with E-state index in [-0.39, 0.29) is 11.7 Å². The average molecular weight is 281 g/mol. The van der Waals surface area contributed by atoms with Gasteiger partial charge in [0.25, 0.3) is 5.91 Å². The van der Waals surface area contributed by atoms with Gasteiger partial charge in [0, 0.05) is 25.3 Å². The van der Waals surface area contributed by atoms with E-state index in [2.05, 4.69) is 5.32 Å². The van der Waals surface area contributed by atoms with Crippen LogP contribution in [0.25, 0.3) is 0 Å². The fourth-order valence-corrected chi connectivity index (χ4v) is 2.31. The minimum atomic E-state index is -0.467. The first-order valence-corrected chi connectivity index (χ1v) is 6.90. The predicted octanol–water partition coefficient (Wildman–Crippen LogP) is 2.38. The van der Waals surface area contributed by atoms with Gasteiger partial charge in [-0.1, -0.05) is 0 Å². The summed E-state index contributed by atoms with van der Waals surface area (Å²) in [5.74, 6) is 0.0369. The smallest absolute Gasteiger partial charge is 0.251 e. The van der Waals surface area contributed by atoms with Gasteiger partial charge in [0.1, 0.15) is 0 Å². The lowest BCUT2D eigenvalue weighted by Crippen LogP contribution is -2.25. The van der Waals surface area contributed by atoms with E-state index < -0.39 is 5.82 Å². The molecule has 20 heavy (non-hydrogen) atoms. The Bertz CT molecular complexity index is 458. The molecule has 1 fully saturated rings. The van der Waals surface area contributed by atoms with Gasteiger partial charge in [-0.05, 0) is 43.4 Å². The number of rotatable bonds is 6. The van der Waals surface area contributed by atoms with Crippen molar-refractivity contribution in [3.8, 4) is 5.75 Å². The van der Waals surface area contributed by atoms with Crippen LogP contribution in [-0.4, -0.2) is 32.8 Å². The van der Waals surface area contributed by atoms with Crippen LogP contribution in [0.15, 0.2) is 18.2 Å². The Kier molecular flexibility index (Phi) is 5.35. The largest absolute Gasteiger partial charge is 0.494 e. The van der Waals surface area contributed by atoms with Crippen molar-refractivity contribution in [2.45, 2.75) is 19.3 Å². The van der Waals surface area contributed by atoms with Crippen molar-refractivity contribution in [3.63, 3.8) is 0 Å². The summed E-state index contributed by atoms with van der Waals surface area (Å²) < 4.78 is 23.4. The van der Waals surface area contributed by atoms with Gasteiger partial charge in [0.05, 0.1) is 7.11 Å². The first kappa shape index (κ1) is 14.8. The molecule has 0 aromatic heterocycles. The van der Waals surface area contributed by atoms with Crippen LogP contribution in [0.2, 0.25) is 0 Å². The van der Waals surface area contributed by atoms with Gasteiger partial charge in [-0.2, -0.15) is 0 Å². The van der Waals surface area contributed by atoms with Crippen molar-refractivity contribution >= 4 is 5.91 Å². The molecule has 5 heteroatoms. The van der Waals surface area contributed by atoms with E-state index in [0.29, 0.717) is 18.0 Å². The number of nitrogens with one attached hydrogen (secondary N) is 1. The van der Waals surface area contributed by atoms with Crippen molar-refractivity contribution in [1.82, 2.24) is 5.32 Å². The number of halogens is 1. The molecule has 110 valence electrons. The van der Waals surface area contributed by atoms with Gasteiger partial charge in [0.15, 0.2) is 11.6 Å².